The van der Waals surface area contributed by atoms with Crippen LogP contribution in [0.5, 0.6) is 0 Å². The molecular weight excluding hydrogens is 230 g/mol. The first kappa shape index (κ1) is 14.5. The molecule has 0 saturated carbocycles. The number of carbonyl (C=O) groups excluding carboxylic acids is 1. The molecule has 4 heteroatoms. The summed E-state index contributed by atoms with van der Waals surface area (Å²) < 4.78 is 5.30. The van der Waals surface area contributed by atoms with E-state index >= 15 is 0 Å². The molecule has 0 aliphatic heterocycles. The van der Waals surface area contributed by atoms with E-state index in [2.05, 4.69) is 5.32 Å². The van der Waals surface area contributed by atoms with Crippen LogP contribution >= 0.6 is 0 Å². The van der Waals surface area contributed by atoms with Crippen LogP contribution in [0.4, 0.5) is 0 Å². The smallest absolute Gasteiger partial charge is 0.244 e. The fourth-order valence-electron chi connectivity index (χ4n) is 1.26. The number of aliphatic hydroxyl groups is 1. The van der Waals surface area contributed by atoms with Crippen LogP contribution in [0.1, 0.15) is 32.3 Å². The van der Waals surface area contributed by atoms with Gasteiger partial charge in [0, 0.05) is 12.6 Å². The van der Waals surface area contributed by atoms with Crippen molar-refractivity contribution in [2.75, 3.05) is 6.54 Å². The molecule has 1 unspecified atom stereocenters. The second kappa shape index (κ2) is 5.87. The van der Waals surface area contributed by atoms with Gasteiger partial charge in [0.05, 0.1) is 6.10 Å². The number of furan rings is 1. The Hall–Kier alpha value is -1.55. The molecule has 1 aromatic rings. The van der Waals surface area contributed by atoms with Gasteiger partial charge in [0.1, 0.15) is 11.5 Å². The molecule has 0 aliphatic carbocycles. The summed E-state index contributed by atoms with van der Waals surface area (Å²) in [6.45, 7) is 7.85. The van der Waals surface area contributed by atoms with Crippen molar-refractivity contribution >= 4 is 12.0 Å². The van der Waals surface area contributed by atoms with Gasteiger partial charge in [0.15, 0.2) is 0 Å². The van der Waals surface area contributed by atoms with Crippen molar-refractivity contribution in [1.29, 1.82) is 0 Å². The Morgan fingerprint density at radius 1 is 1.50 bits per heavy atom. The molecule has 4 nitrogen and oxygen atoms in total. The first-order valence-electron chi connectivity index (χ1n) is 5.99. The van der Waals surface area contributed by atoms with E-state index in [0.29, 0.717) is 5.76 Å². The number of rotatable bonds is 4. The normalized spacial score (nSPS) is 13.8. The van der Waals surface area contributed by atoms with Crippen LogP contribution in [0.25, 0.3) is 6.08 Å². The second-order valence-electron chi connectivity index (χ2n) is 5.41. The van der Waals surface area contributed by atoms with Crippen LogP contribution < -0.4 is 5.32 Å². The highest BCUT2D eigenvalue weighted by Crippen LogP contribution is 2.18. The highest BCUT2D eigenvalue weighted by atomic mass is 16.3. The molecule has 0 radical (unpaired) electrons. The lowest BCUT2D eigenvalue weighted by Gasteiger charge is -2.25. The summed E-state index contributed by atoms with van der Waals surface area (Å²) in [5.74, 6) is 1.20. The summed E-state index contributed by atoms with van der Waals surface area (Å²) in [5, 5.41) is 12.4. The number of carbonyl (C=O) groups is 1. The fraction of sp³-hybridized carbons (Fsp3) is 0.500. The molecule has 1 rings (SSSR count). The number of amides is 1. The molecule has 0 aliphatic rings. The van der Waals surface area contributed by atoms with Gasteiger partial charge < -0.3 is 14.8 Å². The van der Waals surface area contributed by atoms with E-state index in [1.54, 1.807) is 12.1 Å². The molecule has 0 spiro atoms. The highest BCUT2D eigenvalue weighted by Gasteiger charge is 2.21. The minimum Gasteiger partial charge on any atom is -0.462 e. The van der Waals surface area contributed by atoms with E-state index in [0.717, 1.165) is 5.76 Å². The Kier molecular flexibility index (Phi) is 4.73. The topological polar surface area (TPSA) is 62.5 Å². The molecule has 0 saturated heterocycles. The molecule has 1 amide bonds. The average Bonchev–Trinajstić information content (AvgIpc) is 2.67. The maximum absolute atomic E-state index is 11.5. The van der Waals surface area contributed by atoms with E-state index in [4.69, 9.17) is 4.42 Å². The molecule has 2 N–H and O–H groups in total. The van der Waals surface area contributed by atoms with Gasteiger partial charge in [-0.1, -0.05) is 20.8 Å². The van der Waals surface area contributed by atoms with Crippen molar-refractivity contribution in [3.05, 3.63) is 29.7 Å². The van der Waals surface area contributed by atoms with Crippen LogP contribution in [0.15, 0.2) is 22.6 Å². The fourth-order valence-corrected chi connectivity index (χ4v) is 1.26. The van der Waals surface area contributed by atoms with Crippen molar-refractivity contribution < 1.29 is 14.3 Å². The molecule has 100 valence electrons. The van der Waals surface area contributed by atoms with E-state index in [1.165, 1.54) is 6.08 Å². The predicted octanol–water partition coefficient (Wildman–Crippen LogP) is 2.12. The van der Waals surface area contributed by atoms with Crippen LogP contribution in [-0.2, 0) is 4.79 Å². The standard InChI is InChI=1S/C14H21NO3/c1-10-5-6-11(18-10)7-8-13(17)15-9-12(16)14(2,3)4/h5-8,12,16H,9H2,1-4H3,(H,15,17)/b8-7+. The number of aryl methyl sites for hydroxylation is 1. The molecule has 0 fully saturated rings. The van der Waals surface area contributed by atoms with Gasteiger partial charge in [-0.15, -0.1) is 0 Å². The quantitative estimate of drug-likeness (QED) is 0.806. The van der Waals surface area contributed by atoms with Crippen molar-refractivity contribution in [3.63, 3.8) is 0 Å². The Balaban J connectivity index is 2.41. The summed E-state index contributed by atoms with van der Waals surface area (Å²) in [4.78, 5) is 11.5. The van der Waals surface area contributed by atoms with E-state index in [9.17, 15) is 9.90 Å². The number of hydrogen-bond acceptors (Lipinski definition) is 3. The third-order valence-corrected chi connectivity index (χ3v) is 2.63. The average molecular weight is 251 g/mol. The van der Waals surface area contributed by atoms with Gasteiger partial charge in [-0.25, -0.2) is 0 Å². The molecule has 0 aromatic carbocycles. The van der Waals surface area contributed by atoms with Crippen LogP contribution in [0.2, 0.25) is 0 Å². The summed E-state index contributed by atoms with van der Waals surface area (Å²) in [7, 11) is 0. The Bertz CT molecular complexity index is 426. The lowest BCUT2D eigenvalue weighted by Crippen LogP contribution is -2.38. The SMILES string of the molecule is Cc1ccc(/C=C/C(=O)NCC(O)C(C)(C)C)o1. The maximum atomic E-state index is 11.5. The van der Waals surface area contributed by atoms with Gasteiger partial charge in [-0.05, 0) is 30.5 Å². The van der Waals surface area contributed by atoms with Crippen LogP contribution in [-0.4, -0.2) is 23.7 Å². The van der Waals surface area contributed by atoms with Gasteiger partial charge >= 0.3 is 0 Å². The van der Waals surface area contributed by atoms with E-state index < -0.39 is 6.10 Å². The minimum absolute atomic E-state index is 0.240. The first-order chi connectivity index (χ1) is 8.29. The minimum atomic E-state index is -0.569. The van der Waals surface area contributed by atoms with Crippen molar-refractivity contribution in [2.24, 2.45) is 5.41 Å². The number of hydrogen-bond donors (Lipinski definition) is 2. The molecule has 1 heterocycles. The Labute approximate surface area is 108 Å². The van der Waals surface area contributed by atoms with Gasteiger partial charge in [0.2, 0.25) is 5.91 Å². The van der Waals surface area contributed by atoms with Crippen LogP contribution in [0, 0.1) is 12.3 Å². The summed E-state index contributed by atoms with van der Waals surface area (Å²) in [6, 6.07) is 3.63. The monoisotopic (exact) mass is 251 g/mol. The molecule has 1 atom stereocenters. The largest absolute Gasteiger partial charge is 0.462 e. The lowest BCUT2D eigenvalue weighted by atomic mass is 9.89. The van der Waals surface area contributed by atoms with Crippen molar-refractivity contribution in [2.45, 2.75) is 33.8 Å². The molecule has 18 heavy (non-hydrogen) atoms. The van der Waals surface area contributed by atoms with Crippen molar-refractivity contribution in [3.8, 4) is 0 Å². The zero-order valence-corrected chi connectivity index (χ0v) is 11.4. The molecular formula is C14H21NO3. The van der Waals surface area contributed by atoms with Crippen LogP contribution in [0.3, 0.4) is 0 Å². The summed E-state index contributed by atoms with van der Waals surface area (Å²) >= 11 is 0. The van der Waals surface area contributed by atoms with E-state index in [-0.39, 0.29) is 17.9 Å². The maximum Gasteiger partial charge on any atom is 0.244 e. The third-order valence-electron chi connectivity index (χ3n) is 2.63. The predicted molar refractivity (Wildman–Crippen MR) is 71.0 cm³/mol. The first-order valence-corrected chi connectivity index (χ1v) is 5.99. The zero-order valence-electron chi connectivity index (χ0n) is 11.4. The Morgan fingerprint density at radius 3 is 2.67 bits per heavy atom. The van der Waals surface area contributed by atoms with Gasteiger partial charge in [0.25, 0.3) is 0 Å². The Morgan fingerprint density at radius 2 is 2.17 bits per heavy atom. The summed E-state index contributed by atoms with van der Waals surface area (Å²) in [5.41, 5.74) is -0.241. The number of aliphatic hydroxyl groups excluding tert-OH is 1. The third kappa shape index (κ3) is 4.75. The lowest BCUT2D eigenvalue weighted by molar-refractivity contribution is -0.117. The van der Waals surface area contributed by atoms with Gasteiger partial charge in [-0.2, -0.15) is 0 Å². The van der Waals surface area contributed by atoms with Gasteiger partial charge in [-0.3, -0.25) is 4.79 Å². The summed E-state index contributed by atoms with van der Waals surface area (Å²) in [6.07, 6.45) is 2.43. The zero-order chi connectivity index (χ0) is 13.8. The number of nitrogens with one attached hydrogen (secondary N) is 1. The highest BCUT2D eigenvalue weighted by molar-refractivity contribution is 5.91. The molecule has 0 bridgehead atoms. The molecule has 1 aromatic heterocycles. The van der Waals surface area contributed by atoms with Crippen molar-refractivity contribution in [1.82, 2.24) is 5.32 Å². The van der Waals surface area contributed by atoms with E-state index in [1.807, 2.05) is 33.8 Å². The second-order valence-corrected chi connectivity index (χ2v) is 5.41.